The van der Waals surface area contributed by atoms with Crippen LogP contribution in [-0.2, 0) is 0 Å². The van der Waals surface area contributed by atoms with Crippen LogP contribution in [0.3, 0.4) is 0 Å². The van der Waals surface area contributed by atoms with Crippen LogP contribution in [0.25, 0.3) is 5.57 Å². The number of nitrogens with one attached hydrogen (secondary N) is 1. The molecule has 1 nitrogen and oxygen atoms in total. The highest BCUT2D eigenvalue weighted by molar-refractivity contribution is 6.77. The van der Waals surface area contributed by atoms with Crippen LogP contribution in [0.2, 0.25) is 13.1 Å². The molecule has 1 aliphatic carbocycles. The minimum atomic E-state index is -1.60. The summed E-state index contributed by atoms with van der Waals surface area (Å²) in [5.74, 6) is 0. The third kappa shape index (κ3) is 4.94. The van der Waals surface area contributed by atoms with Gasteiger partial charge in [-0.1, -0.05) is 55.9 Å². The standard InChI is InChI=1S/C22H35NSi/c1-7-8-9-10-11-14-18-17-21(20-16-13-12-15-19(18)20)24(5,6)23-22(2,3)4/h7,12-13,15-17,21,23H,1,8-11,14H2,2-6H3. The Kier molecular flexibility index (Phi) is 6.27. The molecule has 1 aromatic rings. The Labute approximate surface area is 150 Å². The second-order valence-corrected chi connectivity index (χ2v) is 13.1. The van der Waals surface area contributed by atoms with E-state index in [0.29, 0.717) is 5.54 Å². The summed E-state index contributed by atoms with van der Waals surface area (Å²) in [4.78, 5) is 3.97. The predicted molar refractivity (Wildman–Crippen MR) is 111 cm³/mol. The molecule has 0 saturated carbocycles. The summed E-state index contributed by atoms with van der Waals surface area (Å²) in [7, 11) is -1.60. The summed E-state index contributed by atoms with van der Waals surface area (Å²) < 4.78 is 0. The van der Waals surface area contributed by atoms with Gasteiger partial charge in [-0.15, -0.1) is 6.58 Å². The van der Waals surface area contributed by atoms with Crippen molar-refractivity contribution in [3.63, 3.8) is 0 Å². The topological polar surface area (TPSA) is 12.0 Å². The molecule has 0 fully saturated rings. The fraction of sp³-hybridized carbons (Fsp3) is 0.545. The van der Waals surface area contributed by atoms with Crippen molar-refractivity contribution in [3.05, 3.63) is 54.1 Å². The van der Waals surface area contributed by atoms with Crippen LogP contribution in [0.1, 0.15) is 69.5 Å². The van der Waals surface area contributed by atoms with Gasteiger partial charge in [0.1, 0.15) is 8.24 Å². The molecule has 0 bridgehead atoms. The number of hydrogen-bond acceptors (Lipinski definition) is 1. The summed E-state index contributed by atoms with van der Waals surface area (Å²) in [6.07, 6.45) is 10.8. The molecule has 132 valence electrons. The van der Waals surface area contributed by atoms with Gasteiger partial charge in [0, 0.05) is 11.1 Å². The number of unbranched alkanes of at least 4 members (excludes halogenated alkanes) is 3. The van der Waals surface area contributed by atoms with Crippen LogP contribution in [0.15, 0.2) is 43.0 Å². The van der Waals surface area contributed by atoms with E-state index in [2.05, 4.69) is 75.8 Å². The SMILES string of the molecule is C=CCCCCCC1=CC([Si](C)(C)NC(C)(C)C)c2ccccc21. The lowest BCUT2D eigenvalue weighted by Gasteiger charge is -2.37. The zero-order chi connectivity index (χ0) is 17.8. The monoisotopic (exact) mass is 341 g/mol. The molecule has 0 aliphatic heterocycles. The lowest BCUT2D eigenvalue weighted by Crippen LogP contribution is -2.57. The van der Waals surface area contributed by atoms with E-state index >= 15 is 0 Å². The number of benzene rings is 1. The van der Waals surface area contributed by atoms with Crippen LogP contribution in [0, 0.1) is 0 Å². The van der Waals surface area contributed by atoms with Crippen LogP contribution >= 0.6 is 0 Å². The van der Waals surface area contributed by atoms with Crippen molar-refractivity contribution < 1.29 is 0 Å². The van der Waals surface area contributed by atoms with Crippen LogP contribution in [0.4, 0.5) is 0 Å². The lowest BCUT2D eigenvalue weighted by molar-refractivity contribution is 0.509. The summed E-state index contributed by atoms with van der Waals surface area (Å²) in [5, 5.41) is 0. The molecular formula is C22H35NSi. The minimum Gasteiger partial charge on any atom is -0.332 e. The van der Waals surface area contributed by atoms with E-state index in [0.717, 1.165) is 6.42 Å². The van der Waals surface area contributed by atoms with Crippen LogP contribution in [0.5, 0.6) is 0 Å². The third-order valence-electron chi connectivity index (χ3n) is 4.84. The molecule has 0 amide bonds. The Morgan fingerprint density at radius 3 is 2.50 bits per heavy atom. The molecule has 0 saturated heterocycles. The maximum Gasteiger partial charge on any atom is 0.131 e. The van der Waals surface area contributed by atoms with Crippen molar-refractivity contribution in [3.8, 4) is 0 Å². The Balaban J connectivity index is 2.15. The first-order valence-corrected chi connectivity index (χ1v) is 12.5. The van der Waals surface area contributed by atoms with Gasteiger partial charge in [0.25, 0.3) is 0 Å². The average molecular weight is 342 g/mol. The fourth-order valence-corrected chi connectivity index (χ4v) is 7.82. The van der Waals surface area contributed by atoms with Gasteiger partial charge in [-0.3, -0.25) is 0 Å². The quantitative estimate of drug-likeness (QED) is 0.326. The van der Waals surface area contributed by atoms with Gasteiger partial charge in [0.2, 0.25) is 0 Å². The normalized spacial score (nSPS) is 17.5. The van der Waals surface area contributed by atoms with Gasteiger partial charge in [-0.25, -0.2) is 0 Å². The molecule has 24 heavy (non-hydrogen) atoms. The summed E-state index contributed by atoms with van der Waals surface area (Å²) >= 11 is 0. The molecule has 0 heterocycles. The number of allylic oxidation sites excluding steroid dienone is 3. The second-order valence-electron chi connectivity index (χ2n) is 8.74. The van der Waals surface area contributed by atoms with Crippen molar-refractivity contribution in [2.24, 2.45) is 0 Å². The van der Waals surface area contributed by atoms with Crippen molar-refractivity contribution >= 4 is 13.8 Å². The fourth-order valence-electron chi connectivity index (χ4n) is 4.08. The Morgan fingerprint density at radius 2 is 1.83 bits per heavy atom. The van der Waals surface area contributed by atoms with E-state index in [1.165, 1.54) is 31.2 Å². The van der Waals surface area contributed by atoms with E-state index in [1.807, 2.05) is 6.08 Å². The number of hydrogen-bond donors (Lipinski definition) is 1. The molecule has 0 radical (unpaired) electrons. The highest BCUT2D eigenvalue weighted by Gasteiger charge is 2.38. The van der Waals surface area contributed by atoms with Gasteiger partial charge in [-0.2, -0.15) is 0 Å². The molecule has 2 heteroatoms. The highest BCUT2D eigenvalue weighted by atomic mass is 28.3. The Morgan fingerprint density at radius 1 is 1.12 bits per heavy atom. The predicted octanol–water partition coefficient (Wildman–Crippen LogP) is 6.44. The van der Waals surface area contributed by atoms with E-state index in [-0.39, 0.29) is 5.54 Å². The molecule has 0 aromatic heterocycles. The Bertz CT molecular complexity index is 592. The molecule has 0 spiro atoms. The van der Waals surface area contributed by atoms with Crippen molar-refractivity contribution in [2.45, 2.75) is 77.0 Å². The smallest absolute Gasteiger partial charge is 0.131 e. The zero-order valence-electron chi connectivity index (χ0n) is 16.3. The van der Waals surface area contributed by atoms with Gasteiger partial charge in [0.05, 0.1) is 0 Å². The molecule has 1 aromatic carbocycles. The first kappa shape index (κ1) is 19.2. The van der Waals surface area contributed by atoms with Crippen LogP contribution < -0.4 is 4.98 Å². The van der Waals surface area contributed by atoms with Gasteiger partial charge in [0.15, 0.2) is 0 Å². The average Bonchev–Trinajstić information content (AvgIpc) is 2.85. The Hall–Kier alpha value is -1.12. The van der Waals surface area contributed by atoms with Crippen LogP contribution in [-0.4, -0.2) is 13.8 Å². The molecular weight excluding hydrogens is 306 g/mol. The summed E-state index contributed by atoms with van der Waals surface area (Å²) in [6.45, 7) is 15.6. The molecule has 1 N–H and O–H groups in total. The maximum atomic E-state index is 3.97. The van der Waals surface area contributed by atoms with Crippen molar-refractivity contribution in [1.29, 1.82) is 0 Å². The third-order valence-corrected chi connectivity index (χ3v) is 8.27. The zero-order valence-corrected chi connectivity index (χ0v) is 17.3. The first-order chi connectivity index (χ1) is 11.2. The molecule has 1 atom stereocenters. The molecule has 1 unspecified atom stereocenters. The highest BCUT2D eigenvalue weighted by Crippen LogP contribution is 2.42. The maximum absolute atomic E-state index is 3.97. The second kappa shape index (κ2) is 7.84. The largest absolute Gasteiger partial charge is 0.332 e. The van der Waals surface area contributed by atoms with Crippen molar-refractivity contribution in [2.75, 3.05) is 0 Å². The van der Waals surface area contributed by atoms with Crippen molar-refractivity contribution in [1.82, 2.24) is 4.98 Å². The lowest BCUT2D eigenvalue weighted by atomic mass is 10.0. The number of rotatable bonds is 8. The molecule has 1 aliphatic rings. The summed E-state index contributed by atoms with van der Waals surface area (Å²) in [5.41, 5.74) is 5.38. The van der Waals surface area contributed by atoms with E-state index in [9.17, 15) is 0 Å². The van der Waals surface area contributed by atoms with E-state index < -0.39 is 8.24 Å². The minimum absolute atomic E-state index is 0.173. The van der Waals surface area contributed by atoms with Gasteiger partial charge in [-0.05, 0) is 63.2 Å². The molecule has 2 rings (SSSR count). The summed E-state index contributed by atoms with van der Waals surface area (Å²) in [6, 6.07) is 9.07. The van der Waals surface area contributed by atoms with E-state index in [4.69, 9.17) is 0 Å². The first-order valence-electron chi connectivity index (χ1n) is 9.45. The van der Waals surface area contributed by atoms with Gasteiger partial charge >= 0.3 is 0 Å². The van der Waals surface area contributed by atoms with E-state index in [1.54, 1.807) is 11.1 Å². The number of fused-ring (bicyclic) bond motifs is 1. The van der Waals surface area contributed by atoms with Gasteiger partial charge < -0.3 is 4.98 Å².